The number of carbonyl (C=O) groups is 2. The smallest absolute Gasteiger partial charge is 0.279 e. The molecule has 0 bridgehead atoms. The summed E-state index contributed by atoms with van der Waals surface area (Å²) in [6.07, 6.45) is 1.63. The van der Waals surface area contributed by atoms with Gasteiger partial charge in [-0.3, -0.25) is 9.59 Å². The van der Waals surface area contributed by atoms with Gasteiger partial charge in [-0.05, 0) is 34.5 Å². The van der Waals surface area contributed by atoms with E-state index in [0.29, 0.717) is 11.6 Å². The number of nitrogens with one attached hydrogen (secondary N) is 2. The van der Waals surface area contributed by atoms with Gasteiger partial charge in [-0.15, -0.1) is 0 Å². The van der Waals surface area contributed by atoms with Crippen LogP contribution in [0.25, 0.3) is 0 Å². The first kappa shape index (κ1) is 12.4. The van der Waals surface area contributed by atoms with Crippen molar-refractivity contribution in [2.75, 3.05) is 11.1 Å². The molecule has 1 aliphatic rings. The molecule has 2 rings (SSSR count). The fraction of sp³-hybridized carbons (Fsp3) is 0.300. The average molecular weight is 316 g/mol. The lowest BCUT2D eigenvalue weighted by atomic mass is 10.3. The molecule has 2 amide bonds. The Bertz CT molecular complexity index is 481. The number of anilines is 1. The second-order valence-electron chi connectivity index (χ2n) is 3.60. The van der Waals surface area contributed by atoms with E-state index in [4.69, 9.17) is 0 Å². The molecule has 1 aromatic heterocycles. The van der Waals surface area contributed by atoms with Gasteiger partial charge in [0, 0.05) is 16.4 Å². The van der Waals surface area contributed by atoms with Crippen LogP contribution >= 0.6 is 27.7 Å². The molecule has 0 spiro atoms. The molecular weight excluding hydrogens is 306 g/mol. The summed E-state index contributed by atoms with van der Waals surface area (Å²) in [5, 5.41) is 5.09. The van der Waals surface area contributed by atoms with Crippen molar-refractivity contribution in [3.8, 4) is 0 Å². The predicted molar refractivity (Wildman–Crippen MR) is 70.1 cm³/mol. The largest absolute Gasteiger partial charge is 0.334 e. The van der Waals surface area contributed by atoms with Crippen molar-refractivity contribution in [1.82, 2.24) is 10.3 Å². The number of aryl methyl sites for hydroxylation is 1. The molecule has 1 unspecified atom stereocenters. The SMILES string of the molecule is Cc1cc(NC(=O)C2CSC(=O)N2)ncc1Br. The molecule has 1 atom stereocenters. The third-order valence-electron chi connectivity index (χ3n) is 2.29. The highest BCUT2D eigenvalue weighted by atomic mass is 79.9. The van der Waals surface area contributed by atoms with Crippen molar-refractivity contribution >= 4 is 44.7 Å². The van der Waals surface area contributed by atoms with E-state index in [-0.39, 0.29) is 11.1 Å². The fourth-order valence-electron chi connectivity index (χ4n) is 1.35. The molecule has 7 heteroatoms. The van der Waals surface area contributed by atoms with Crippen LogP contribution in [0, 0.1) is 6.92 Å². The number of aromatic nitrogens is 1. The zero-order chi connectivity index (χ0) is 12.4. The quantitative estimate of drug-likeness (QED) is 0.874. The average Bonchev–Trinajstić information content (AvgIpc) is 2.70. The minimum absolute atomic E-state index is 0.162. The second-order valence-corrected chi connectivity index (χ2v) is 5.45. The van der Waals surface area contributed by atoms with Crippen LogP contribution in [0.4, 0.5) is 10.6 Å². The third-order valence-corrected chi connectivity index (χ3v) is 4.00. The van der Waals surface area contributed by atoms with E-state index in [1.54, 1.807) is 12.3 Å². The van der Waals surface area contributed by atoms with Crippen LogP contribution in [0.1, 0.15) is 5.56 Å². The maximum atomic E-state index is 11.8. The Morgan fingerprint density at radius 3 is 3.06 bits per heavy atom. The first-order chi connectivity index (χ1) is 8.06. The molecule has 2 N–H and O–H groups in total. The Hall–Kier alpha value is -1.08. The van der Waals surface area contributed by atoms with Crippen LogP contribution < -0.4 is 10.6 Å². The van der Waals surface area contributed by atoms with Gasteiger partial charge in [0.25, 0.3) is 5.24 Å². The molecule has 0 aliphatic carbocycles. The van der Waals surface area contributed by atoms with Crippen molar-refractivity contribution in [2.45, 2.75) is 13.0 Å². The lowest BCUT2D eigenvalue weighted by molar-refractivity contribution is -0.117. The molecule has 5 nitrogen and oxygen atoms in total. The van der Waals surface area contributed by atoms with Crippen LogP contribution in [-0.2, 0) is 4.79 Å². The van der Waals surface area contributed by atoms with Crippen LogP contribution in [0.3, 0.4) is 0 Å². The van der Waals surface area contributed by atoms with E-state index in [1.807, 2.05) is 6.92 Å². The number of rotatable bonds is 2. The Morgan fingerprint density at radius 2 is 2.47 bits per heavy atom. The van der Waals surface area contributed by atoms with E-state index in [2.05, 4.69) is 31.5 Å². The summed E-state index contributed by atoms with van der Waals surface area (Å²) in [5.74, 6) is 0.708. The van der Waals surface area contributed by atoms with Gasteiger partial charge in [-0.2, -0.15) is 0 Å². The summed E-state index contributed by atoms with van der Waals surface area (Å²) in [6.45, 7) is 1.91. The van der Waals surface area contributed by atoms with Gasteiger partial charge in [0.2, 0.25) is 5.91 Å². The minimum Gasteiger partial charge on any atom is -0.334 e. The monoisotopic (exact) mass is 315 g/mol. The molecule has 0 aromatic carbocycles. The number of pyridine rings is 1. The van der Waals surface area contributed by atoms with Crippen LogP contribution in [0.5, 0.6) is 0 Å². The molecule has 0 radical (unpaired) electrons. The Morgan fingerprint density at radius 1 is 1.71 bits per heavy atom. The maximum Gasteiger partial charge on any atom is 0.279 e. The lowest BCUT2D eigenvalue weighted by Gasteiger charge is -2.10. The molecular formula is C10H10BrN3O2S. The highest BCUT2D eigenvalue weighted by molar-refractivity contribution is 9.10. The summed E-state index contributed by atoms with van der Waals surface area (Å²) in [5.41, 5.74) is 0.986. The highest BCUT2D eigenvalue weighted by Crippen LogP contribution is 2.18. The summed E-state index contributed by atoms with van der Waals surface area (Å²) in [6, 6.07) is 1.30. The number of hydrogen-bond acceptors (Lipinski definition) is 4. The van der Waals surface area contributed by atoms with Gasteiger partial charge in [0.15, 0.2) is 0 Å². The Labute approximate surface area is 111 Å². The van der Waals surface area contributed by atoms with Gasteiger partial charge in [-0.25, -0.2) is 4.98 Å². The van der Waals surface area contributed by atoms with Gasteiger partial charge in [-0.1, -0.05) is 11.8 Å². The van der Waals surface area contributed by atoms with Gasteiger partial charge in [0.05, 0.1) is 0 Å². The summed E-state index contributed by atoms with van der Waals surface area (Å²) in [7, 11) is 0. The summed E-state index contributed by atoms with van der Waals surface area (Å²) < 4.78 is 0.889. The van der Waals surface area contributed by atoms with E-state index < -0.39 is 6.04 Å². The molecule has 2 heterocycles. The first-order valence-corrected chi connectivity index (χ1v) is 6.70. The van der Waals surface area contributed by atoms with Gasteiger partial charge < -0.3 is 10.6 Å². The summed E-state index contributed by atoms with van der Waals surface area (Å²) >= 11 is 4.45. The molecule has 1 fully saturated rings. The number of thioether (sulfide) groups is 1. The van der Waals surface area contributed by atoms with E-state index in [9.17, 15) is 9.59 Å². The topological polar surface area (TPSA) is 71.1 Å². The third kappa shape index (κ3) is 2.98. The van der Waals surface area contributed by atoms with Crippen molar-refractivity contribution < 1.29 is 9.59 Å². The van der Waals surface area contributed by atoms with E-state index >= 15 is 0 Å². The number of halogens is 1. The number of amides is 2. The number of hydrogen-bond donors (Lipinski definition) is 2. The zero-order valence-corrected chi connectivity index (χ0v) is 11.4. The Kier molecular flexibility index (Phi) is 3.68. The number of carbonyl (C=O) groups excluding carboxylic acids is 2. The maximum absolute atomic E-state index is 11.8. The highest BCUT2D eigenvalue weighted by Gasteiger charge is 2.28. The van der Waals surface area contributed by atoms with E-state index in [1.165, 1.54) is 0 Å². The predicted octanol–water partition coefficient (Wildman–Crippen LogP) is 1.92. The van der Waals surface area contributed by atoms with Crippen molar-refractivity contribution in [2.24, 2.45) is 0 Å². The van der Waals surface area contributed by atoms with Crippen LogP contribution in [-0.4, -0.2) is 27.9 Å². The molecule has 17 heavy (non-hydrogen) atoms. The second kappa shape index (κ2) is 5.05. The first-order valence-electron chi connectivity index (χ1n) is 4.92. The van der Waals surface area contributed by atoms with Gasteiger partial charge in [0.1, 0.15) is 11.9 Å². The van der Waals surface area contributed by atoms with Gasteiger partial charge >= 0.3 is 0 Å². The molecule has 1 aromatic rings. The molecule has 0 saturated carbocycles. The number of nitrogens with zero attached hydrogens (tertiary/aromatic N) is 1. The molecule has 1 aliphatic heterocycles. The molecule has 90 valence electrons. The molecule has 1 saturated heterocycles. The van der Waals surface area contributed by atoms with Crippen molar-refractivity contribution in [1.29, 1.82) is 0 Å². The Balaban J connectivity index is 2.03. The van der Waals surface area contributed by atoms with Crippen LogP contribution in [0.15, 0.2) is 16.7 Å². The van der Waals surface area contributed by atoms with Crippen molar-refractivity contribution in [3.63, 3.8) is 0 Å². The lowest BCUT2D eigenvalue weighted by Crippen LogP contribution is -2.38. The van der Waals surface area contributed by atoms with Crippen LogP contribution in [0.2, 0.25) is 0 Å². The minimum atomic E-state index is -0.474. The summed E-state index contributed by atoms with van der Waals surface area (Å²) in [4.78, 5) is 26.8. The fourth-order valence-corrected chi connectivity index (χ4v) is 2.34. The standard InChI is InChI=1S/C10H10BrN3O2S/c1-5-2-8(12-3-6(5)11)14-9(15)7-4-17-10(16)13-7/h2-3,7H,4H2,1H3,(H,13,16)(H,12,14,15). The normalized spacial score (nSPS) is 18.9. The van der Waals surface area contributed by atoms with E-state index in [0.717, 1.165) is 21.8 Å². The van der Waals surface area contributed by atoms with Crippen molar-refractivity contribution in [3.05, 3.63) is 22.3 Å². The zero-order valence-electron chi connectivity index (χ0n) is 8.99.